The van der Waals surface area contributed by atoms with Crippen LogP contribution < -0.4 is 4.74 Å². The fourth-order valence-corrected chi connectivity index (χ4v) is 3.99. The Bertz CT molecular complexity index is 1110. The number of benzene rings is 2. The molecule has 138 valence electrons. The summed E-state index contributed by atoms with van der Waals surface area (Å²) >= 11 is 0. The summed E-state index contributed by atoms with van der Waals surface area (Å²) in [7, 11) is 0. The van der Waals surface area contributed by atoms with Gasteiger partial charge in [0, 0.05) is 41.7 Å². The number of aromatic nitrogens is 1. The zero-order valence-corrected chi connectivity index (χ0v) is 15.1. The third-order valence-corrected chi connectivity index (χ3v) is 5.37. The highest BCUT2D eigenvalue weighted by molar-refractivity contribution is 6.12. The number of fused-ring (bicyclic) bond motifs is 4. The molecule has 1 fully saturated rings. The summed E-state index contributed by atoms with van der Waals surface area (Å²) in [5.74, 6) is 0.821. The Kier molecular flexibility index (Phi) is 4.09. The van der Waals surface area contributed by atoms with E-state index in [0.717, 1.165) is 46.9 Å². The molecule has 1 saturated heterocycles. The van der Waals surface area contributed by atoms with Gasteiger partial charge in [-0.25, -0.2) is 0 Å². The Morgan fingerprint density at radius 2 is 1.96 bits per heavy atom. The van der Waals surface area contributed by atoms with Crippen LogP contribution in [0.2, 0.25) is 0 Å². The van der Waals surface area contributed by atoms with Gasteiger partial charge < -0.3 is 14.3 Å². The highest BCUT2D eigenvalue weighted by atomic mass is 16.5. The smallest absolute Gasteiger partial charge is 0.142 e. The molecule has 0 saturated carbocycles. The lowest BCUT2D eigenvalue weighted by atomic mass is 10.1. The predicted octanol–water partition coefficient (Wildman–Crippen LogP) is 4.70. The molecule has 0 spiro atoms. The van der Waals surface area contributed by atoms with Gasteiger partial charge in [-0.05, 0) is 38.1 Å². The summed E-state index contributed by atoms with van der Waals surface area (Å²) in [5, 5.41) is 13.2. The zero-order chi connectivity index (χ0) is 18.2. The van der Waals surface area contributed by atoms with Crippen molar-refractivity contribution in [1.82, 2.24) is 9.88 Å². The van der Waals surface area contributed by atoms with Gasteiger partial charge in [-0.1, -0.05) is 12.5 Å². The fourth-order valence-electron chi connectivity index (χ4n) is 3.99. The Labute approximate surface area is 157 Å². The first kappa shape index (κ1) is 16.4. The number of furan rings is 1. The van der Waals surface area contributed by atoms with Crippen LogP contribution in [0.4, 0.5) is 0 Å². The number of rotatable bonds is 4. The van der Waals surface area contributed by atoms with Crippen LogP contribution in [0.3, 0.4) is 0 Å². The Balaban J connectivity index is 1.45. The average Bonchev–Trinajstić information content (AvgIpc) is 3.04. The molecule has 1 N–H and O–H groups in total. The molecule has 27 heavy (non-hydrogen) atoms. The van der Waals surface area contributed by atoms with Gasteiger partial charge in [-0.2, -0.15) is 0 Å². The lowest BCUT2D eigenvalue weighted by Gasteiger charge is -2.26. The second-order valence-corrected chi connectivity index (χ2v) is 7.21. The number of pyridine rings is 1. The SMILES string of the molecule is Oc1cc(OCCN2CCCCC2)cc2oc3cc4ncccc4cc3c12. The maximum atomic E-state index is 10.6. The molecular formula is C22H22N2O3. The van der Waals surface area contributed by atoms with E-state index in [4.69, 9.17) is 9.15 Å². The third kappa shape index (κ3) is 3.08. The molecule has 0 unspecified atom stereocenters. The number of aromatic hydroxyl groups is 1. The molecule has 2 aromatic carbocycles. The number of piperidine rings is 1. The number of hydrogen-bond acceptors (Lipinski definition) is 5. The van der Waals surface area contributed by atoms with Crippen molar-refractivity contribution in [1.29, 1.82) is 0 Å². The second kappa shape index (κ2) is 6.74. The number of hydrogen-bond donors (Lipinski definition) is 1. The van der Waals surface area contributed by atoms with Crippen LogP contribution in [-0.4, -0.2) is 41.2 Å². The first-order valence-electron chi connectivity index (χ1n) is 9.57. The number of nitrogens with zero attached hydrogens (tertiary/aromatic N) is 2. The lowest BCUT2D eigenvalue weighted by molar-refractivity contribution is 0.183. The summed E-state index contributed by atoms with van der Waals surface area (Å²) < 4.78 is 11.9. The van der Waals surface area contributed by atoms with Crippen molar-refractivity contribution in [3.8, 4) is 11.5 Å². The van der Waals surface area contributed by atoms with Crippen LogP contribution in [0.5, 0.6) is 11.5 Å². The molecular weight excluding hydrogens is 340 g/mol. The maximum Gasteiger partial charge on any atom is 0.142 e. The lowest BCUT2D eigenvalue weighted by Crippen LogP contribution is -2.33. The molecule has 3 heterocycles. The Morgan fingerprint density at radius 3 is 2.85 bits per heavy atom. The number of ether oxygens (including phenoxy) is 1. The van der Waals surface area contributed by atoms with Crippen molar-refractivity contribution in [2.45, 2.75) is 19.3 Å². The van der Waals surface area contributed by atoms with Crippen LogP contribution in [0, 0.1) is 0 Å². The van der Waals surface area contributed by atoms with E-state index in [1.54, 1.807) is 12.3 Å². The quantitative estimate of drug-likeness (QED) is 0.570. The van der Waals surface area contributed by atoms with Crippen LogP contribution in [0.1, 0.15) is 19.3 Å². The fraction of sp³-hybridized carbons (Fsp3) is 0.318. The van der Waals surface area contributed by atoms with E-state index < -0.39 is 0 Å². The first-order chi connectivity index (χ1) is 13.3. The molecule has 2 aromatic heterocycles. The molecule has 5 heteroatoms. The number of phenolic OH excluding ortho intramolecular Hbond substituents is 1. The van der Waals surface area contributed by atoms with Gasteiger partial charge in [0.1, 0.15) is 29.3 Å². The average molecular weight is 362 g/mol. The third-order valence-electron chi connectivity index (χ3n) is 5.37. The summed E-state index contributed by atoms with van der Waals surface area (Å²) in [6.45, 7) is 3.83. The zero-order valence-electron chi connectivity index (χ0n) is 15.1. The molecule has 0 bridgehead atoms. The first-order valence-corrected chi connectivity index (χ1v) is 9.57. The Hall–Kier alpha value is -2.79. The van der Waals surface area contributed by atoms with Crippen molar-refractivity contribution < 1.29 is 14.3 Å². The summed E-state index contributed by atoms with van der Waals surface area (Å²) in [4.78, 5) is 6.81. The second-order valence-electron chi connectivity index (χ2n) is 7.21. The predicted molar refractivity (Wildman–Crippen MR) is 106 cm³/mol. The van der Waals surface area contributed by atoms with E-state index in [-0.39, 0.29) is 5.75 Å². The largest absolute Gasteiger partial charge is 0.507 e. The minimum Gasteiger partial charge on any atom is -0.507 e. The van der Waals surface area contributed by atoms with Gasteiger partial charge in [0.05, 0.1) is 10.9 Å². The van der Waals surface area contributed by atoms with Crippen LogP contribution >= 0.6 is 0 Å². The van der Waals surface area contributed by atoms with Gasteiger partial charge >= 0.3 is 0 Å². The van der Waals surface area contributed by atoms with Crippen LogP contribution in [0.25, 0.3) is 32.8 Å². The van der Waals surface area contributed by atoms with E-state index in [2.05, 4.69) is 9.88 Å². The number of phenols is 1. The van der Waals surface area contributed by atoms with Crippen molar-refractivity contribution >= 4 is 32.8 Å². The van der Waals surface area contributed by atoms with Crippen LogP contribution in [0.15, 0.2) is 47.0 Å². The molecule has 5 nitrogen and oxygen atoms in total. The van der Waals surface area contributed by atoms with E-state index >= 15 is 0 Å². The van der Waals surface area contributed by atoms with Crippen LogP contribution in [-0.2, 0) is 0 Å². The molecule has 5 rings (SSSR count). The molecule has 0 atom stereocenters. The van der Waals surface area contributed by atoms with E-state index in [1.165, 1.54) is 19.3 Å². The minimum absolute atomic E-state index is 0.183. The molecule has 4 aromatic rings. The van der Waals surface area contributed by atoms with Crippen molar-refractivity contribution in [3.05, 3.63) is 42.6 Å². The van der Waals surface area contributed by atoms with Gasteiger partial charge in [0.25, 0.3) is 0 Å². The molecule has 1 aliphatic heterocycles. The van der Waals surface area contributed by atoms with Crippen molar-refractivity contribution in [3.63, 3.8) is 0 Å². The van der Waals surface area contributed by atoms with E-state index in [9.17, 15) is 5.11 Å². The molecule has 0 amide bonds. The van der Waals surface area contributed by atoms with Gasteiger partial charge in [0.2, 0.25) is 0 Å². The standard InChI is InChI=1S/C22H22N2O3/c25-19-12-16(26-10-9-24-7-2-1-3-8-24)13-21-22(19)17-11-15-5-4-6-23-18(15)14-20(17)27-21/h4-6,11-14,25H,1-3,7-10H2. The Morgan fingerprint density at radius 1 is 1.07 bits per heavy atom. The van der Waals surface area contributed by atoms with Gasteiger partial charge in [0.15, 0.2) is 0 Å². The summed E-state index contributed by atoms with van der Waals surface area (Å²) in [5.41, 5.74) is 2.23. The monoisotopic (exact) mass is 362 g/mol. The molecule has 1 aliphatic rings. The van der Waals surface area contributed by atoms with E-state index in [0.29, 0.717) is 17.9 Å². The van der Waals surface area contributed by atoms with Crippen molar-refractivity contribution in [2.24, 2.45) is 0 Å². The minimum atomic E-state index is 0.183. The normalized spacial score (nSPS) is 15.7. The van der Waals surface area contributed by atoms with Gasteiger partial charge in [-0.15, -0.1) is 0 Å². The summed E-state index contributed by atoms with van der Waals surface area (Å²) in [6.07, 6.45) is 5.64. The highest BCUT2D eigenvalue weighted by Crippen LogP contribution is 2.39. The maximum absolute atomic E-state index is 10.6. The van der Waals surface area contributed by atoms with Gasteiger partial charge in [-0.3, -0.25) is 9.88 Å². The number of likely N-dealkylation sites (tertiary alicyclic amines) is 1. The molecule has 0 aliphatic carbocycles. The van der Waals surface area contributed by atoms with Crippen molar-refractivity contribution in [2.75, 3.05) is 26.2 Å². The molecule has 0 radical (unpaired) electrons. The summed E-state index contributed by atoms with van der Waals surface area (Å²) in [6, 6.07) is 11.4. The topological polar surface area (TPSA) is 58.7 Å². The van der Waals surface area contributed by atoms with E-state index in [1.807, 2.05) is 30.3 Å². The highest BCUT2D eigenvalue weighted by Gasteiger charge is 2.15.